The number of hydrogen-bond acceptors (Lipinski definition) is 0. The van der Waals surface area contributed by atoms with E-state index in [1.165, 1.54) is 12.1 Å². The second kappa shape index (κ2) is 4.94. The second-order valence-corrected chi connectivity index (χ2v) is 4.99. The first-order valence-corrected chi connectivity index (χ1v) is 6.18. The van der Waals surface area contributed by atoms with Crippen LogP contribution >= 0.6 is 27.5 Å². The lowest BCUT2D eigenvalue weighted by molar-refractivity contribution is -0.137. The lowest BCUT2D eigenvalue weighted by Crippen LogP contribution is -2.06. The minimum Gasteiger partial charge on any atom is -0.166 e. The molecule has 94 valence electrons. The number of rotatable bonds is 1. The van der Waals surface area contributed by atoms with Crippen molar-refractivity contribution >= 4 is 27.5 Å². The van der Waals surface area contributed by atoms with Gasteiger partial charge in [0.15, 0.2) is 0 Å². The highest BCUT2D eigenvalue weighted by molar-refractivity contribution is 9.10. The normalized spacial score (nSPS) is 11.6. The molecule has 2 aromatic carbocycles. The summed E-state index contributed by atoms with van der Waals surface area (Å²) in [4.78, 5) is 0. The molecule has 0 aromatic heterocycles. The molecule has 0 nitrogen and oxygen atoms in total. The predicted molar refractivity (Wildman–Crippen MR) is 69.6 cm³/mol. The van der Waals surface area contributed by atoms with E-state index in [1.807, 2.05) is 0 Å². The quantitative estimate of drug-likeness (QED) is 0.619. The van der Waals surface area contributed by atoms with Crippen LogP contribution in [0.3, 0.4) is 0 Å². The van der Waals surface area contributed by atoms with Crippen molar-refractivity contribution < 1.29 is 13.2 Å². The molecule has 2 rings (SSSR count). The average Bonchev–Trinajstić information content (AvgIpc) is 2.28. The lowest BCUT2D eigenvalue weighted by Gasteiger charge is -2.13. The molecule has 0 saturated carbocycles. The van der Waals surface area contributed by atoms with Crippen LogP contribution in [0.25, 0.3) is 11.1 Å². The van der Waals surface area contributed by atoms with Crippen molar-refractivity contribution in [2.24, 2.45) is 0 Å². The number of halogens is 5. The predicted octanol–water partition coefficient (Wildman–Crippen LogP) is 5.79. The highest BCUT2D eigenvalue weighted by Gasteiger charge is 2.33. The van der Waals surface area contributed by atoms with Crippen LogP contribution in [-0.4, -0.2) is 0 Å². The zero-order valence-electron chi connectivity index (χ0n) is 8.93. The SMILES string of the molecule is FC(F)(F)c1ccccc1-c1ccc(Br)cc1Cl. The second-order valence-electron chi connectivity index (χ2n) is 3.67. The van der Waals surface area contributed by atoms with Crippen LogP contribution in [0, 0.1) is 0 Å². The van der Waals surface area contributed by atoms with E-state index in [0.717, 1.165) is 10.5 Å². The molecule has 0 spiro atoms. The van der Waals surface area contributed by atoms with Crippen LogP contribution in [-0.2, 0) is 6.18 Å². The van der Waals surface area contributed by atoms with Crippen molar-refractivity contribution in [1.82, 2.24) is 0 Å². The Morgan fingerprint density at radius 2 is 1.61 bits per heavy atom. The van der Waals surface area contributed by atoms with Crippen molar-refractivity contribution in [1.29, 1.82) is 0 Å². The molecule has 18 heavy (non-hydrogen) atoms. The maximum absolute atomic E-state index is 12.9. The summed E-state index contributed by atoms with van der Waals surface area (Å²) < 4.78 is 39.4. The Hall–Kier alpha value is -1.000. The number of hydrogen-bond donors (Lipinski definition) is 0. The molecule has 0 unspecified atom stereocenters. The molecule has 2 aromatic rings. The van der Waals surface area contributed by atoms with E-state index >= 15 is 0 Å². The van der Waals surface area contributed by atoms with Crippen LogP contribution in [0.5, 0.6) is 0 Å². The molecular weight excluding hydrogens is 328 g/mol. The maximum atomic E-state index is 12.9. The van der Waals surface area contributed by atoms with Crippen LogP contribution in [0.2, 0.25) is 5.02 Å². The highest BCUT2D eigenvalue weighted by Crippen LogP contribution is 2.39. The summed E-state index contributed by atoms with van der Waals surface area (Å²) in [6.45, 7) is 0. The molecule has 0 fully saturated rings. The van der Waals surface area contributed by atoms with Gasteiger partial charge in [0.2, 0.25) is 0 Å². The molecule has 5 heteroatoms. The molecule has 0 N–H and O–H groups in total. The fraction of sp³-hybridized carbons (Fsp3) is 0.0769. The largest absolute Gasteiger partial charge is 0.417 e. The Morgan fingerprint density at radius 1 is 0.944 bits per heavy atom. The molecule has 0 aliphatic heterocycles. The third kappa shape index (κ3) is 2.70. The van der Waals surface area contributed by atoms with E-state index in [1.54, 1.807) is 24.3 Å². The minimum atomic E-state index is -4.40. The summed E-state index contributed by atoms with van der Waals surface area (Å²) in [6.07, 6.45) is -4.40. The van der Waals surface area contributed by atoms with Crippen molar-refractivity contribution in [2.45, 2.75) is 6.18 Å². The number of benzene rings is 2. The standard InChI is InChI=1S/C13H7BrClF3/c14-8-5-6-10(12(15)7-8)9-3-1-2-4-11(9)13(16,17)18/h1-7H. The Bertz CT molecular complexity index is 579. The van der Waals surface area contributed by atoms with E-state index in [9.17, 15) is 13.2 Å². The smallest absolute Gasteiger partial charge is 0.166 e. The first-order chi connectivity index (χ1) is 8.39. The summed E-state index contributed by atoms with van der Waals surface area (Å²) in [5.74, 6) is 0. The molecule has 0 aliphatic carbocycles. The van der Waals surface area contributed by atoms with Crippen LogP contribution < -0.4 is 0 Å². The van der Waals surface area contributed by atoms with Crippen LogP contribution in [0.1, 0.15) is 5.56 Å². The molecule has 0 bridgehead atoms. The van der Waals surface area contributed by atoms with Crippen molar-refractivity contribution in [2.75, 3.05) is 0 Å². The van der Waals surface area contributed by atoms with E-state index in [4.69, 9.17) is 11.6 Å². The third-order valence-electron chi connectivity index (χ3n) is 2.45. The molecule has 0 heterocycles. The van der Waals surface area contributed by atoms with E-state index in [2.05, 4.69) is 15.9 Å². The van der Waals surface area contributed by atoms with Crippen LogP contribution in [0.4, 0.5) is 13.2 Å². The first kappa shape index (κ1) is 13.4. The minimum absolute atomic E-state index is 0.0856. The van der Waals surface area contributed by atoms with Gasteiger partial charge in [-0.15, -0.1) is 0 Å². The Morgan fingerprint density at radius 3 is 2.22 bits per heavy atom. The fourth-order valence-electron chi connectivity index (χ4n) is 1.67. The first-order valence-electron chi connectivity index (χ1n) is 5.01. The van der Waals surface area contributed by atoms with Gasteiger partial charge in [0, 0.05) is 15.1 Å². The van der Waals surface area contributed by atoms with Gasteiger partial charge in [-0.05, 0) is 23.8 Å². The Balaban J connectivity index is 2.64. The van der Waals surface area contributed by atoms with Crippen LogP contribution in [0.15, 0.2) is 46.9 Å². The van der Waals surface area contributed by atoms with E-state index in [0.29, 0.717) is 5.56 Å². The maximum Gasteiger partial charge on any atom is 0.417 e. The highest BCUT2D eigenvalue weighted by atomic mass is 79.9. The van der Waals surface area contributed by atoms with Gasteiger partial charge in [0.1, 0.15) is 0 Å². The number of alkyl halides is 3. The molecule has 0 aliphatic rings. The van der Waals surface area contributed by atoms with Gasteiger partial charge in [-0.3, -0.25) is 0 Å². The molecule has 0 saturated heterocycles. The lowest BCUT2D eigenvalue weighted by atomic mass is 9.99. The average molecular weight is 336 g/mol. The monoisotopic (exact) mass is 334 g/mol. The van der Waals surface area contributed by atoms with Gasteiger partial charge < -0.3 is 0 Å². The summed E-state index contributed by atoms with van der Waals surface area (Å²) in [5.41, 5.74) is -0.232. The molecular formula is C13H7BrClF3. The summed E-state index contributed by atoms with van der Waals surface area (Å²) >= 11 is 9.21. The van der Waals surface area contributed by atoms with Gasteiger partial charge in [0.25, 0.3) is 0 Å². The van der Waals surface area contributed by atoms with Crippen molar-refractivity contribution in [3.8, 4) is 11.1 Å². The Labute approximate surface area is 116 Å². The zero-order chi connectivity index (χ0) is 13.3. The molecule has 0 radical (unpaired) electrons. The Kier molecular flexibility index (Phi) is 3.69. The zero-order valence-corrected chi connectivity index (χ0v) is 11.3. The molecule has 0 amide bonds. The fourth-order valence-corrected chi connectivity index (χ4v) is 2.45. The summed E-state index contributed by atoms with van der Waals surface area (Å²) in [5, 5.41) is 0.279. The van der Waals surface area contributed by atoms with E-state index in [-0.39, 0.29) is 10.6 Å². The van der Waals surface area contributed by atoms with E-state index < -0.39 is 11.7 Å². The molecule has 0 atom stereocenters. The van der Waals surface area contributed by atoms with Gasteiger partial charge in [-0.2, -0.15) is 13.2 Å². The summed E-state index contributed by atoms with van der Waals surface area (Å²) in [7, 11) is 0. The van der Waals surface area contributed by atoms with Crippen molar-refractivity contribution in [3.05, 3.63) is 57.5 Å². The summed E-state index contributed by atoms with van der Waals surface area (Å²) in [6, 6.07) is 10.2. The topological polar surface area (TPSA) is 0 Å². The van der Waals surface area contributed by atoms with Gasteiger partial charge in [-0.25, -0.2) is 0 Å². The third-order valence-corrected chi connectivity index (χ3v) is 3.26. The van der Waals surface area contributed by atoms with Crippen molar-refractivity contribution in [3.63, 3.8) is 0 Å². The van der Waals surface area contributed by atoms with Gasteiger partial charge in [0.05, 0.1) is 5.56 Å². The van der Waals surface area contributed by atoms with Gasteiger partial charge in [-0.1, -0.05) is 51.8 Å². The van der Waals surface area contributed by atoms with Gasteiger partial charge >= 0.3 is 6.18 Å².